The van der Waals surface area contributed by atoms with E-state index in [1.165, 1.54) is 19.2 Å². The molecule has 5 heteroatoms. The predicted molar refractivity (Wildman–Crippen MR) is 63.5 cm³/mol. The highest BCUT2D eigenvalue weighted by molar-refractivity contribution is 4.84. The Morgan fingerprint density at radius 3 is 2.71 bits per heavy atom. The zero-order valence-corrected chi connectivity index (χ0v) is 10.2. The number of aromatic nitrogens is 2. The molecule has 1 aliphatic rings. The van der Waals surface area contributed by atoms with Gasteiger partial charge in [0, 0.05) is 19.5 Å². The molecular formula is C12H21N3O2. The van der Waals surface area contributed by atoms with E-state index in [0.717, 1.165) is 38.6 Å². The molecule has 0 radical (unpaired) electrons. The molecule has 17 heavy (non-hydrogen) atoms. The first-order chi connectivity index (χ1) is 8.29. The van der Waals surface area contributed by atoms with E-state index in [0.29, 0.717) is 12.4 Å². The fourth-order valence-corrected chi connectivity index (χ4v) is 2.39. The van der Waals surface area contributed by atoms with Gasteiger partial charge in [-0.25, -0.2) is 0 Å². The van der Waals surface area contributed by atoms with Crippen molar-refractivity contribution in [1.29, 1.82) is 0 Å². The molecule has 0 aliphatic heterocycles. The maximum Gasteiger partial charge on any atom is 0.213 e. The number of hydrogen-bond acceptors (Lipinski definition) is 5. The number of nitrogens with one attached hydrogen (secondary N) is 1. The summed E-state index contributed by atoms with van der Waals surface area (Å²) >= 11 is 0. The van der Waals surface area contributed by atoms with E-state index >= 15 is 0 Å². The number of rotatable bonds is 5. The molecule has 0 bridgehead atoms. The van der Waals surface area contributed by atoms with E-state index < -0.39 is 5.60 Å². The summed E-state index contributed by atoms with van der Waals surface area (Å²) in [6.45, 7) is 1.45. The van der Waals surface area contributed by atoms with Gasteiger partial charge in [0.2, 0.25) is 6.39 Å². The minimum Gasteiger partial charge on any atom is -0.389 e. The van der Waals surface area contributed by atoms with Crippen molar-refractivity contribution >= 4 is 0 Å². The second-order valence-corrected chi connectivity index (χ2v) is 4.91. The lowest BCUT2D eigenvalue weighted by molar-refractivity contribution is 0.0255. The number of nitrogens with zero attached hydrogens (tertiary/aromatic N) is 2. The fourth-order valence-electron chi connectivity index (χ4n) is 2.39. The molecule has 1 aliphatic carbocycles. The highest BCUT2D eigenvalue weighted by Crippen LogP contribution is 2.26. The first-order valence-corrected chi connectivity index (χ1v) is 6.47. The number of hydrogen-bond donors (Lipinski definition) is 2. The van der Waals surface area contributed by atoms with E-state index in [4.69, 9.17) is 0 Å². The van der Waals surface area contributed by atoms with E-state index in [2.05, 4.69) is 20.0 Å². The van der Waals surface area contributed by atoms with Crippen molar-refractivity contribution in [3.05, 3.63) is 12.2 Å². The van der Waals surface area contributed by atoms with Crippen molar-refractivity contribution in [2.24, 2.45) is 0 Å². The highest BCUT2D eigenvalue weighted by Gasteiger charge is 2.27. The van der Waals surface area contributed by atoms with E-state index in [9.17, 15) is 5.11 Å². The summed E-state index contributed by atoms with van der Waals surface area (Å²) < 4.78 is 4.66. The van der Waals surface area contributed by atoms with Gasteiger partial charge in [-0.15, -0.1) is 0 Å². The molecule has 0 aromatic carbocycles. The third-order valence-corrected chi connectivity index (χ3v) is 3.42. The van der Waals surface area contributed by atoms with Crippen LogP contribution in [-0.4, -0.2) is 33.9 Å². The molecule has 2 N–H and O–H groups in total. The molecule has 1 heterocycles. The van der Waals surface area contributed by atoms with E-state index in [-0.39, 0.29) is 0 Å². The van der Waals surface area contributed by atoms with Gasteiger partial charge in [0.15, 0.2) is 5.82 Å². The van der Waals surface area contributed by atoms with Crippen molar-refractivity contribution < 1.29 is 9.63 Å². The van der Waals surface area contributed by atoms with Gasteiger partial charge in [0.1, 0.15) is 0 Å². The van der Waals surface area contributed by atoms with E-state index in [1.54, 1.807) is 0 Å². The third-order valence-electron chi connectivity index (χ3n) is 3.42. The standard InChI is InChI=1S/C12H21N3O2/c16-12(6-3-1-2-4-7-12)9-13-8-5-11-14-10-17-15-11/h10,13,16H,1-9H2. The SMILES string of the molecule is OC1(CNCCc2ncon2)CCCCCC1. The first kappa shape index (κ1) is 12.5. The van der Waals surface area contributed by atoms with Crippen molar-refractivity contribution in [1.82, 2.24) is 15.5 Å². The Kier molecular flexibility index (Phi) is 4.50. The van der Waals surface area contributed by atoms with Gasteiger partial charge in [-0.3, -0.25) is 0 Å². The summed E-state index contributed by atoms with van der Waals surface area (Å²) in [6.07, 6.45) is 8.72. The second-order valence-electron chi connectivity index (χ2n) is 4.91. The van der Waals surface area contributed by atoms with Crippen LogP contribution in [0.4, 0.5) is 0 Å². The summed E-state index contributed by atoms with van der Waals surface area (Å²) in [6, 6.07) is 0. The summed E-state index contributed by atoms with van der Waals surface area (Å²) in [7, 11) is 0. The monoisotopic (exact) mass is 239 g/mol. The Hall–Kier alpha value is -0.940. The molecule has 1 fully saturated rings. The maximum atomic E-state index is 10.4. The summed E-state index contributed by atoms with van der Waals surface area (Å²) in [4.78, 5) is 3.95. The predicted octanol–water partition coefficient (Wildman–Crippen LogP) is 1.29. The molecule has 0 atom stereocenters. The van der Waals surface area contributed by atoms with Gasteiger partial charge in [-0.2, -0.15) is 4.98 Å². The molecule has 0 amide bonds. The van der Waals surface area contributed by atoms with Gasteiger partial charge < -0.3 is 14.9 Å². The molecule has 96 valence electrons. The molecule has 1 aromatic heterocycles. The average molecular weight is 239 g/mol. The molecule has 0 spiro atoms. The molecule has 0 unspecified atom stereocenters. The molecule has 1 aromatic rings. The molecule has 5 nitrogen and oxygen atoms in total. The van der Waals surface area contributed by atoms with Crippen LogP contribution in [0.5, 0.6) is 0 Å². The maximum absolute atomic E-state index is 10.4. The lowest BCUT2D eigenvalue weighted by atomic mass is 9.94. The molecular weight excluding hydrogens is 218 g/mol. The Bertz CT molecular complexity index is 306. The Labute approximate surface area is 102 Å². The van der Waals surface area contributed by atoms with Crippen LogP contribution >= 0.6 is 0 Å². The van der Waals surface area contributed by atoms with Crippen LogP contribution in [0, 0.1) is 0 Å². The Morgan fingerprint density at radius 1 is 1.29 bits per heavy atom. The largest absolute Gasteiger partial charge is 0.389 e. The first-order valence-electron chi connectivity index (χ1n) is 6.47. The van der Waals surface area contributed by atoms with Crippen LogP contribution < -0.4 is 5.32 Å². The molecule has 0 saturated heterocycles. The Balaban J connectivity index is 1.66. The van der Waals surface area contributed by atoms with Crippen molar-refractivity contribution in [2.75, 3.05) is 13.1 Å². The summed E-state index contributed by atoms with van der Waals surface area (Å²) in [5, 5.41) is 17.4. The van der Waals surface area contributed by atoms with Gasteiger partial charge in [0.05, 0.1) is 5.60 Å². The smallest absolute Gasteiger partial charge is 0.213 e. The summed E-state index contributed by atoms with van der Waals surface area (Å²) in [5.41, 5.74) is -0.506. The van der Waals surface area contributed by atoms with Crippen LogP contribution in [0.2, 0.25) is 0 Å². The topological polar surface area (TPSA) is 71.2 Å². The van der Waals surface area contributed by atoms with Crippen LogP contribution in [0.3, 0.4) is 0 Å². The zero-order valence-electron chi connectivity index (χ0n) is 10.2. The van der Waals surface area contributed by atoms with E-state index in [1.807, 2.05) is 0 Å². The van der Waals surface area contributed by atoms with Gasteiger partial charge >= 0.3 is 0 Å². The quantitative estimate of drug-likeness (QED) is 0.598. The minimum absolute atomic E-state index is 0.506. The van der Waals surface area contributed by atoms with Crippen LogP contribution in [0.1, 0.15) is 44.3 Å². The van der Waals surface area contributed by atoms with Gasteiger partial charge in [-0.05, 0) is 12.8 Å². The lowest BCUT2D eigenvalue weighted by Crippen LogP contribution is -2.40. The second kappa shape index (κ2) is 6.12. The Morgan fingerprint density at radius 2 is 2.06 bits per heavy atom. The third kappa shape index (κ3) is 4.09. The van der Waals surface area contributed by atoms with Crippen LogP contribution in [-0.2, 0) is 6.42 Å². The normalized spacial score (nSPS) is 20.1. The minimum atomic E-state index is -0.506. The highest BCUT2D eigenvalue weighted by atomic mass is 16.5. The average Bonchev–Trinajstić information content (AvgIpc) is 2.74. The zero-order chi connectivity index (χ0) is 12.0. The van der Waals surface area contributed by atoms with Crippen molar-refractivity contribution in [2.45, 2.75) is 50.5 Å². The van der Waals surface area contributed by atoms with Crippen LogP contribution in [0.15, 0.2) is 10.9 Å². The molecule has 1 saturated carbocycles. The number of aliphatic hydroxyl groups is 1. The van der Waals surface area contributed by atoms with Crippen LogP contribution in [0.25, 0.3) is 0 Å². The van der Waals surface area contributed by atoms with Crippen molar-refractivity contribution in [3.8, 4) is 0 Å². The fraction of sp³-hybridized carbons (Fsp3) is 0.833. The summed E-state index contributed by atoms with van der Waals surface area (Å²) in [5.74, 6) is 0.713. The van der Waals surface area contributed by atoms with Gasteiger partial charge in [-0.1, -0.05) is 30.8 Å². The lowest BCUT2D eigenvalue weighted by Gasteiger charge is -2.26. The van der Waals surface area contributed by atoms with Gasteiger partial charge in [0.25, 0.3) is 0 Å². The van der Waals surface area contributed by atoms with Crippen molar-refractivity contribution in [3.63, 3.8) is 0 Å². The molecule has 2 rings (SSSR count).